The number of anilines is 2. The first-order valence-corrected chi connectivity index (χ1v) is 12.2. The van der Waals surface area contributed by atoms with Gasteiger partial charge in [0.2, 0.25) is 5.95 Å². The Bertz CT molecular complexity index is 1200. The zero-order chi connectivity index (χ0) is 25.5. The van der Waals surface area contributed by atoms with E-state index in [1.807, 2.05) is 26.8 Å². The minimum atomic E-state index is -3.14. The second-order valence-electron chi connectivity index (χ2n) is 9.08. The minimum Gasteiger partial charge on any atom is -0.390 e. The molecule has 4 rings (SSSR count). The fourth-order valence-electron chi connectivity index (χ4n) is 4.27. The molecule has 3 aromatic heterocycles. The van der Waals surface area contributed by atoms with Crippen molar-refractivity contribution in [2.24, 2.45) is 5.92 Å². The van der Waals surface area contributed by atoms with Gasteiger partial charge in [0.15, 0.2) is 0 Å². The average Bonchev–Trinajstić information content (AvgIpc) is 3.34. The molecule has 0 aromatic carbocycles. The molecule has 0 aliphatic heterocycles. The Morgan fingerprint density at radius 2 is 1.94 bits per heavy atom. The van der Waals surface area contributed by atoms with E-state index in [2.05, 4.69) is 25.6 Å². The largest absolute Gasteiger partial charge is 0.390 e. The van der Waals surface area contributed by atoms with Gasteiger partial charge >= 0.3 is 0 Å². The molecule has 1 aliphatic rings. The molecule has 190 valence electrons. The summed E-state index contributed by atoms with van der Waals surface area (Å²) in [5.41, 5.74) is 2.76. The number of hydrogen-bond acceptors (Lipinski definition) is 10. The third-order valence-corrected chi connectivity index (χ3v) is 7.44. The van der Waals surface area contributed by atoms with E-state index < -0.39 is 30.1 Å². The topological polar surface area (TPSA) is 125 Å². The number of ether oxygens (including phenoxy) is 1. The second-order valence-corrected chi connectivity index (χ2v) is 10.1. The maximum absolute atomic E-state index is 14.0. The fourth-order valence-corrected chi connectivity index (χ4v) is 5.39. The number of nitrogens with zero attached hydrogens (tertiary/aromatic N) is 4. The Hall–Kier alpha value is -2.54. The number of aliphatic hydroxyl groups is 2. The van der Waals surface area contributed by atoms with Crippen LogP contribution in [0, 0.1) is 19.8 Å². The van der Waals surface area contributed by atoms with Crippen LogP contribution in [0.1, 0.15) is 31.7 Å². The van der Waals surface area contributed by atoms with E-state index in [1.165, 1.54) is 11.3 Å². The highest BCUT2D eigenvalue weighted by molar-refractivity contribution is 7.21. The quantitative estimate of drug-likeness (QED) is 0.362. The molecule has 1 saturated carbocycles. The van der Waals surface area contributed by atoms with Gasteiger partial charge in [-0.25, -0.2) is 18.7 Å². The molecule has 35 heavy (non-hydrogen) atoms. The van der Waals surface area contributed by atoms with Crippen molar-refractivity contribution in [1.82, 2.24) is 19.9 Å². The molecule has 1 fully saturated rings. The Morgan fingerprint density at radius 1 is 1.20 bits per heavy atom. The van der Waals surface area contributed by atoms with Crippen molar-refractivity contribution in [3.8, 4) is 10.6 Å². The molecule has 9 nitrogen and oxygen atoms in total. The maximum Gasteiger partial charge on any atom is 0.250 e. The predicted molar refractivity (Wildman–Crippen MR) is 131 cm³/mol. The zero-order valence-electron chi connectivity index (χ0n) is 20.2. The Balaban J connectivity index is 1.75. The number of pyridine rings is 1. The van der Waals surface area contributed by atoms with Gasteiger partial charge in [-0.2, -0.15) is 4.98 Å². The summed E-state index contributed by atoms with van der Waals surface area (Å²) in [6, 6.07) is 1.04. The van der Waals surface area contributed by atoms with Crippen LogP contribution in [-0.4, -0.2) is 74.1 Å². The van der Waals surface area contributed by atoms with Crippen LogP contribution >= 0.6 is 11.3 Å². The zero-order valence-corrected chi connectivity index (χ0v) is 21.0. The maximum atomic E-state index is 14.0. The van der Waals surface area contributed by atoms with Crippen LogP contribution in [0.15, 0.2) is 12.3 Å². The summed E-state index contributed by atoms with van der Waals surface area (Å²) in [6.45, 7) is 6.79. The Morgan fingerprint density at radius 3 is 2.57 bits per heavy atom. The molecule has 0 radical (unpaired) electrons. The number of methoxy groups -OCH3 is 1. The molecule has 0 spiro atoms. The molecule has 0 saturated heterocycles. The van der Waals surface area contributed by atoms with Crippen molar-refractivity contribution in [2.75, 3.05) is 24.3 Å². The molecule has 1 aliphatic carbocycles. The summed E-state index contributed by atoms with van der Waals surface area (Å²) in [5.74, 6) is -3.85. The number of thiazole rings is 1. The molecule has 12 heteroatoms. The number of halogens is 2. The molecule has 5 atom stereocenters. The van der Waals surface area contributed by atoms with Crippen molar-refractivity contribution in [3.05, 3.63) is 23.7 Å². The lowest BCUT2D eigenvalue weighted by Gasteiger charge is -2.22. The van der Waals surface area contributed by atoms with Gasteiger partial charge in [0.05, 0.1) is 45.8 Å². The summed E-state index contributed by atoms with van der Waals surface area (Å²) in [5, 5.41) is 27.7. The smallest absolute Gasteiger partial charge is 0.250 e. The van der Waals surface area contributed by atoms with Gasteiger partial charge < -0.3 is 25.6 Å². The van der Waals surface area contributed by atoms with E-state index in [9.17, 15) is 19.0 Å². The Kier molecular flexibility index (Phi) is 7.18. The Labute approximate surface area is 206 Å². The standard InChI is InChI=1S/C23H30F2N6O3S/c1-10(34-5)9-27-22-28-11(2)16(21-30-17-12(3)26-7-6-15(17)35-21)20(31-22)29-14-8-13(23(4,24)25)18(32)19(14)33/h6-7,10,13-14,18-19,32-33H,8-9H2,1-5H3,(H2,27,28,29,31)/t10-,13+,14-,18-,19+/m1/s1. The van der Waals surface area contributed by atoms with Crippen LogP contribution in [0.5, 0.6) is 0 Å². The first-order chi connectivity index (χ1) is 16.5. The van der Waals surface area contributed by atoms with Gasteiger partial charge in [-0.05, 0) is 40.2 Å². The SMILES string of the molecule is CO[C@H](C)CNc1nc(C)c(-c2nc3c(C)nccc3s2)c(N[C@@H]2C[C@H](C(C)(F)F)[C@@H](O)[C@H]2O)n1. The third kappa shape index (κ3) is 5.20. The molecule has 0 unspecified atom stereocenters. The van der Waals surface area contributed by atoms with Crippen LogP contribution in [0.4, 0.5) is 20.5 Å². The molecule has 3 heterocycles. The van der Waals surface area contributed by atoms with Gasteiger partial charge in [0.25, 0.3) is 5.92 Å². The number of aliphatic hydroxyl groups excluding tert-OH is 2. The minimum absolute atomic E-state index is 0.0888. The highest BCUT2D eigenvalue weighted by atomic mass is 32.1. The molecular weight excluding hydrogens is 478 g/mol. The third-order valence-electron chi connectivity index (χ3n) is 6.40. The normalized spacial score (nSPS) is 23.6. The monoisotopic (exact) mass is 508 g/mol. The van der Waals surface area contributed by atoms with Crippen molar-refractivity contribution >= 4 is 33.3 Å². The van der Waals surface area contributed by atoms with Gasteiger partial charge in [-0.15, -0.1) is 11.3 Å². The average molecular weight is 509 g/mol. The van der Waals surface area contributed by atoms with E-state index in [-0.39, 0.29) is 12.5 Å². The van der Waals surface area contributed by atoms with Crippen LogP contribution < -0.4 is 10.6 Å². The fraction of sp³-hybridized carbons (Fsp3) is 0.565. The number of fused-ring (bicyclic) bond motifs is 1. The number of rotatable bonds is 8. The number of aryl methyl sites for hydroxylation is 2. The van der Waals surface area contributed by atoms with E-state index in [0.717, 1.165) is 22.8 Å². The molecule has 0 bridgehead atoms. The first kappa shape index (κ1) is 25.5. The summed E-state index contributed by atoms with van der Waals surface area (Å²) in [7, 11) is 1.60. The van der Waals surface area contributed by atoms with E-state index in [0.29, 0.717) is 34.6 Å². The van der Waals surface area contributed by atoms with Gasteiger partial charge in [0, 0.05) is 19.9 Å². The second kappa shape index (κ2) is 9.84. The van der Waals surface area contributed by atoms with E-state index in [1.54, 1.807) is 13.3 Å². The number of nitrogens with one attached hydrogen (secondary N) is 2. The summed E-state index contributed by atoms with van der Waals surface area (Å²) in [4.78, 5) is 18.2. The van der Waals surface area contributed by atoms with Gasteiger partial charge in [-0.1, -0.05) is 0 Å². The molecule has 0 amide bonds. The van der Waals surface area contributed by atoms with Crippen molar-refractivity contribution in [1.29, 1.82) is 0 Å². The summed E-state index contributed by atoms with van der Waals surface area (Å²) < 4.78 is 34.3. The van der Waals surface area contributed by atoms with Crippen molar-refractivity contribution < 1.29 is 23.7 Å². The molecule has 3 aromatic rings. The van der Waals surface area contributed by atoms with Crippen LogP contribution in [0.2, 0.25) is 0 Å². The lowest BCUT2D eigenvalue weighted by Crippen LogP contribution is -2.38. The first-order valence-electron chi connectivity index (χ1n) is 11.4. The van der Waals surface area contributed by atoms with Crippen molar-refractivity contribution in [2.45, 2.75) is 64.4 Å². The van der Waals surface area contributed by atoms with Crippen LogP contribution in [-0.2, 0) is 4.74 Å². The van der Waals surface area contributed by atoms with Crippen LogP contribution in [0.25, 0.3) is 20.8 Å². The van der Waals surface area contributed by atoms with Gasteiger partial charge in [-0.3, -0.25) is 4.98 Å². The summed E-state index contributed by atoms with van der Waals surface area (Å²) >= 11 is 1.44. The number of hydrogen-bond donors (Lipinski definition) is 4. The van der Waals surface area contributed by atoms with E-state index >= 15 is 0 Å². The number of aromatic nitrogens is 4. The van der Waals surface area contributed by atoms with Gasteiger partial charge in [0.1, 0.15) is 22.4 Å². The van der Waals surface area contributed by atoms with Crippen LogP contribution in [0.3, 0.4) is 0 Å². The summed E-state index contributed by atoms with van der Waals surface area (Å²) in [6.07, 6.45) is -1.45. The lowest BCUT2D eigenvalue weighted by molar-refractivity contribution is -0.0950. The number of alkyl halides is 2. The molecule has 4 N–H and O–H groups in total. The van der Waals surface area contributed by atoms with E-state index in [4.69, 9.17) is 9.72 Å². The van der Waals surface area contributed by atoms with Crippen molar-refractivity contribution in [3.63, 3.8) is 0 Å². The highest BCUT2D eigenvalue weighted by Gasteiger charge is 2.51. The lowest BCUT2D eigenvalue weighted by atomic mass is 9.98. The molecular formula is C23H30F2N6O3S. The highest BCUT2D eigenvalue weighted by Crippen LogP contribution is 2.41. The predicted octanol–water partition coefficient (Wildman–Crippen LogP) is 3.39.